The van der Waals surface area contributed by atoms with E-state index in [1.54, 1.807) is 13.1 Å². The van der Waals surface area contributed by atoms with Crippen LogP contribution in [0.2, 0.25) is 0 Å². The third-order valence-electron chi connectivity index (χ3n) is 2.87. The van der Waals surface area contributed by atoms with Gasteiger partial charge in [-0.2, -0.15) is 0 Å². The summed E-state index contributed by atoms with van der Waals surface area (Å²) in [6.45, 7) is 1.89. The molecule has 1 aromatic carbocycles. The van der Waals surface area contributed by atoms with Gasteiger partial charge < -0.3 is 5.73 Å². The zero-order valence-corrected chi connectivity index (χ0v) is 10.2. The molecule has 1 atom stereocenters. The van der Waals surface area contributed by atoms with E-state index in [4.69, 9.17) is 5.73 Å². The SMILES string of the molecule is CN=C(N)CCCC(C)c1cccc(F)c1F. The highest BCUT2D eigenvalue weighted by Crippen LogP contribution is 2.25. The minimum atomic E-state index is -0.788. The van der Waals surface area contributed by atoms with Crippen LogP contribution in [0, 0.1) is 11.6 Å². The van der Waals surface area contributed by atoms with Crippen molar-refractivity contribution in [3.05, 3.63) is 35.4 Å². The monoisotopic (exact) mass is 240 g/mol. The van der Waals surface area contributed by atoms with Crippen LogP contribution >= 0.6 is 0 Å². The summed E-state index contributed by atoms with van der Waals surface area (Å²) in [7, 11) is 1.64. The fourth-order valence-corrected chi connectivity index (χ4v) is 1.76. The normalized spacial score (nSPS) is 13.8. The Kier molecular flexibility index (Phi) is 5.07. The lowest BCUT2D eigenvalue weighted by atomic mass is 9.95. The maximum absolute atomic E-state index is 13.5. The third kappa shape index (κ3) is 3.80. The molecule has 0 aromatic heterocycles. The van der Waals surface area contributed by atoms with E-state index in [1.165, 1.54) is 6.07 Å². The topological polar surface area (TPSA) is 38.4 Å². The average Bonchev–Trinajstić information content (AvgIpc) is 2.32. The van der Waals surface area contributed by atoms with Crippen molar-refractivity contribution in [1.29, 1.82) is 0 Å². The lowest BCUT2D eigenvalue weighted by molar-refractivity contribution is 0.485. The van der Waals surface area contributed by atoms with Gasteiger partial charge in [0.25, 0.3) is 0 Å². The molecule has 1 aromatic rings. The number of nitrogens with two attached hydrogens (primary N) is 1. The summed E-state index contributed by atoms with van der Waals surface area (Å²) in [5, 5.41) is 0. The first-order valence-electron chi connectivity index (χ1n) is 5.71. The number of amidine groups is 1. The first kappa shape index (κ1) is 13.6. The molecule has 0 heterocycles. The molecule has 2 nitrogen and oxygen atoms in total. The number of hydrogen-bond donors (Lipinski definition) is 1. The van der Waals surface area contributed by atoms with Crippen LogP contribution in [0.4, 0.5) is 8.78 Å². The van der Waals surface area contributed by atoms with E-state index in [1.807, 2.05) is 6.92 Å². The van der Waals surface area contributed by atoms with Crippen LogP contribution in [0.5, 0.6) is 0 Å². The van der Waals surface area contributed by atoms with Crippen molar-refractivity contribution < 1.29 is 8.78 Å². The summed E-state index contributed by atoms with van der Waals surface area (Å²) < 4.78 is 26.5. The van der Waals surface area contributed by atoms with Crippen LogP contribution in [0.3, 0.4) is 0 Å². The molecule has 1 rings (SSSR count). The van der Waals surface area contributed by atoms with E-state index in [9.17, 15) is 8.78 Å². The summed E-state index contributed by atoms with van der Waals surface area (Å²) >= 11 is 0. The first-order valence-corrected chi connectivity index (χ1v) is 5.71. The molecule has 1 unspecified atom stereocenters. The maximum atomic E-state index is 13.5. The van der Waals surface area contributed by atoms with Crippen LogP contribution in [0.25, 0.3) is 0 Å². The van der Waals surface area contributed by atoms with Crippen molar-refractivity contribution in [1.82, 2.24) is 0 Å². The number of rotatable bonds is 5. The Hall–Kier alpha value is -1.45. The number of halogens is 2. The molecule has 0 fully saturated rings. The van der Waals surface area contributed by atoms with Crippen LogP contribution in [0.15, 0.2) is 23.2 Å². The number of hydrogen-bond acceptors (Lipinski definition) is 1. The predicted molar refractivity (Wildman–Crippen MR) is 66.2 cm³/mol. The van der Waals surface area contributed by atoms with E-state index in [0.29, 0.717) is 17.8 Å². The number of aliphatic imine (C=N–C) groups is 1. The molecule has 0 aliphatic rings. The van der Waals surface area contributed by atoms with Crippen molar-refractivity contribution in [3.8, 4) is 0 Å². The summed E-state index contributed by atoms with van der Waals surface area (Å²) in [5.74, 6) is -0.951. The largest absolute Gasteiger partial charge is 0.387 e. The van der Waals surface area contributed by atoms with Crippen LogP contribution in [-0.4, -0.2) is 12.9 Å². The van der Waals surface area contributed by atoms with Gasteiger partial charge in [0.15, 0.2) is 11.6 Å². The lowest BCUT2D eigenvalue weighted by Crippen LogP contribution is -2.11. The zero-order chi connectivity index (χ0) is 12.8. The van der Waals surface area contributed by atoms with Crippen LogP contribution in [0.1, 0.15) is 37.7 Å². The fraction of sp³-hybridized carbons (Fsp3) is 0.462. The van der Waals surface area contributed by atoms with Crippen molar-refractivity contribution >= 4 is 5.84 Å². The highest BCUT2D eigenvalue weighted by molar-refractivity contribution is 5.79. The minimum absolute atomic E-state index is 0.0182. The minimum Gasteiger partial charge on any atom is -0.387 e. The lowest BCUT2D eigenvalue weighted by Gasteiger charge is -2.12. The van der Waals surface area contributed by atoms with E-state index in [-0.39, 0.29) is 5.92 Å². The van der Waals surface area contributed by atoms with Gasteiger partial charge in [-0.25, -0.2) is 8.78 Å². The maximum Gasteiger partial charge on any atom is 0.162 e. The summed E-state index contributed by atoms with van der Waals surface area (Å²) in [4.78, 5) is 3.85. The Balaban J connectivity index is 2.58. The van der Waals surface area contributed by atoms with E-state index < -0.39 is 11.6 Å². The smallest absolute Gasteiger partial charge is 0.162 e. The van der Waals surface area contributed by atoms with Gasteiger partial charge in [0.05, 0.1) is 5.84 Å². The fourth-order valence-electron chi connectivity index (χ4n) is 1.76. The van der Waals surface area contributed by atoms with Crippen molar-refractivity contribution in [2.45, 2.75) is 32.1 Å². The zero-order valence-electron chi connectivity index (χ0n) is 10.2. The number of benzene rings is 1. The molecule has 0 amide bonds. The van der Waals surface area contributed by atoms with Crippen LogP contribution < -0.4 is 5.73 Å². The van der Waals surface area contributed by atoms with E-state index >= 15 is 0 Å². The van der Waals surface area contributed by atoms with Gasteiger partial charge in [0, 0.05) is 13.5 Å². The second-order valence-electron chi connectivity index (χ2n) is 4.15. The predicted octanol–water partition coefficient (Wildman–Crippen LogP) is 3.23. The van der Waals surface area contributed by atoms with Crippen LogP contribution in [-0.2, 0) is 0 Å². The molecular formula is C13H18F2N2. The Morgan fingerprint density at radius 1 is 1.41 bits per heavy atom. The standard InChI is InChI=1S/C13H18F2N2/c1-9(5-3-8-12(16)17-2)10-6-4-7-11(14)13(10)15/h4,6-7,9H,3,5,8H2,1-2H3,(H2,16,17). The summed E-state index contributed by atoms with van der Waals surface area (Å²) in [5.41, 5.74) is 6.00. The quantitative estimate of drug-likeness (QED) is 0.622. The average molecular weight is 240 g/mol. The molecule has 0 radical (unpaired) electrons. The summed E-state index contributed by atoms with van der Waals surface area (Å²) in [6, 6.07) is 4.29. The second-order valence-corrected chi connectivity index (χ2v) is 4.15. The van der Waals surface area contributed by atoms with Gasteiger partial charge in [-0.1, -0.05) is 19.1 Å². The Morgan fingerprint density at radius 2 is 2.12 bits per heavy atom. The Bertz CT molecular complexity index is 402. The molecule has 4 heteroatoms. The number of nitrogens with zero attached hydrogens (tertiary/aromatic N) is 1. The van der Waals surface area contributed by atoms with Gasteiger partial charge in [-0.3, -0.25) is 4.99 Å². The summed E-state index contributed by atoms with van der Waals surface area (Å²) in [6.07, 6.45) is 2.27. The molecule has 2 N–H and O–H groups in total. The molecule has 0 bridgehead atoms. The van der Waals surface area contributed by atoms with Crippen molar-refractivity contribution in [3.63, 3.8) is 0 Å². The molecule has 0 saturated carbocycles. The second kappa shape index (κ2) is 6.33. The van der Waals surface area contributed by atoms with E-state index in [0.717, 1.165) is 18.9 Å². The molecule has 94 valence electrons. The first-order chi connectivity index (χ1) is 8.06. The molecule has 0 saturated heterocycles. The van der Waals surface area contributed by atoms with Gasteiger partial charge in [-0.15, -0.1) is 0 Å². The molecule has 0 spiro atoms. The van der Waals surface area contributed by atoms with Gasteiger partial charge in [0.2, 0.25) is 0 Å². The molecule has 0 aliphatic heterocycles. The van der Waals surface area contributed by atoms with Gasteiger partial charge in [0.1, 0.15) is 0 Å². The third-order valence-corrected chi connectivity index (χ3v) is 2.87. The molecule has 0 aliphatic carbocycles. The molecular weight excluding hydrogens is 222 g/mol. The Morgan fingerprint density at radius 3 is 2.76 bits per heavy atom. The van der Waals surface area contributed by atoms with Gasteiger partial charge in [-0.05, 0) is 30.4 Å². The highest BCUT2D eigenvalue weighted by Gasteiger charge is 2.13. The van der Waals surface area contributed by atoms with E-state index in [2.05, 4.69) is 4.99 Å². The van der Waals surface area contributed by atoms with Gasteiger partial charge >= 0.3 is 0 Å². The highest BCUT2D eigenvalue weighted by atomic mass is 19.2. The van der Waals surface area contributed by atoms with Crippen molar-refractivity contribution in [2.24, 2.45) is 10.7 Å². The molecule has 17 heavy (non-hydrogen) atoms. The Labute approximate surface area is 101 Å². The van der Waals surface area contributed by atoms with Crippen molar-refractivity contribution in [2.75, 3.05) is 7.05 Å².